The Bertz CT molecular complexity index is 1090. The highest BCUT2D eigenvalue weighted by atomic mass is 16.5. The monoisotopic (exact) mass is 465 g/mol. The minimum atomic E-state index is 0.371. The number of nitrogens with one attached hydrogen (secondary N) is 2. The predicted octanol–water partition coefficient (Wildman–Crippen LogP) is 4.23. The summed E-state index contributed by atoms with van der Waals surface area (Å²) in [5.74, 6) is 3.62. The van der Waals surface area contributed by atoms with Crippen molar-refractivity contribution in [3.05, 3.63) is 42.0 Å². The molecule has 1 aliphatic rings. The van der Waals surface area contributed by atoms with Crippen LogP contribution in [0.15, 0.2) is 36.4 Å². The van der Waals surface area contributed by atoms with E-state index < -0.39 is 0 Å². The van der Waals surface area contributed by atoms with Crippen molar-refractivity contribution in [2.24, 2.45) is 0 Å². The number of aromatic nitrogens is 2. The first-order valence-corrected chi connectivity index (χ1v) is 11.7. The maximum absolute atomic E-state index is 5.48. The van der Waals surface area contributed by atoms with Gasteiger partial charge in [0.25, 0.3) is 0 Å². The van der Waals surface area contributed by atoms with Crippen molar-refractivity contribution in [3.8, 4) is 17.2 Å². The van der Waals surface area contributed by atoms with Crippen LogP contribution in [-0.2, 0) is 6.54 Å². The first kappa shape index (κ1) is 23.9. The lowest BCUT2D eigenvalue weighted by Gasteiger charge is -2.30. The maximum atomic E-state index is 5.48. The molecule has 0 aliphatic heterocycles. The van der Waals surface area contributed by atoms with Crippen LogP contribution < -0.4 is 29.7 Å². The van der Waals surface area contributed by atoms with Crippen molar-refractivity contribution in [2.45, 2.75) is 44.3 Å². The number of rotatable bonds is 9. The summed E-state index contributed by atoms with van der Waals surface area (Å²) in [4.78, 5) is 11.6. The average molecular weight is 466 g/mol. The molecule has 34 heavy (non-hydrogen) atoms. The third-order valence-electron chi connectivity index (χ3n) is 6.39. The predicted molar refractivity (Wildman–Crippen MR) is 136 cm³/mol. The molecule has 0 unspecified atom stereocenters. The second-order valence-electron chi connectivity index (χ2n) is 8.89. The van der Waals surface area contributed by atoms with Crippen molar-refractivity contribution in [1.82, 2.24) is 15.3 Å². The molecule has 2 N–H and O–H groups in total. The number of anilines is 2. The molecule has 1 fully saturated rings. The average Bonchev–Trinajstić information content (AvgIpc) is 2.87. The summed E-state index contributed by atoms with van der Waals surface area (Å²) in [7, 11) is 8.94. The van der Waals surface area contributed by atoms with Crippen LogP contribution in [0.4, 0.5) is 11.8 Å². The van der Waals surface area contributed by atoms with E-state index in [9.17, 15) is 0 Å². The van der Waals surface area contributed by atoms with Gasteiger partial charge in [-0.15, -0.1) is 0 Å². The van der Waals surface area contributed by atoms with E-state index in [2.05, 4.69) is 16.7 Å². The first-order chi connectivity index (χ1) is 16.5. The van der Waals surface area contributed by atoms with Crippen LogP contribution >= 0.6 is 0 Å². The van der Waals surface area contributed by atoms with Gasteiger partial charge < -0.3 is 29.7 Å². The number of fused-ring (bicyclic) bond motifs is 1. The summed E-state index contributed by atoms with van der Waals surface area (Å²) in [6.07, 6.45) is 4.33. The molecule has 0 bridgehead atoms. The van der Waals surface area contributed by atoms with Crippen molar-refractivity contribution < 1.29 is 14.2 Å². The van der Waals surface area contributed by atoms with Crippen molar-refractivity contribution >= 4 is 22.7 Å². The molecule has 0 saturated heterocycles. The third kappa shape index (κ3) is 5.28. The van der Waals surface area contributed by atoms with Crippen LogP contribution in [0.1, 0.15) is 31.2 Å². The molecular formula is C26H35N5O3. The summed E-state index contributed by atoms with van der Waals surface area (Å²) in [6, 6.07) is 13.0. The lowest BCUT2D eigenvalue weighted by molar-refractivity contribution is 0.322. The van der Waals surface area contributed by atoms with Gasteiger partial charge in [-0.25, -0.2) is 4.98 Å². The van der Waals surface area contributed by atoms with E-state index in [1.807, 2.05) is 49.3 Å². The number of hydrogen-bond donors (Lipinski definition) is 2. The largest absolute Gasteiger partial charge is 0.493 e. The molecular weight excluding hydrogens is 430 g/mol. The second-order valence-corrected chi connectivity index (χ2v) is 8.89. The first-order valence-electron chi connectivity index (χ1n) is 11.7. The molecule has 0 spiro atoms. The number of ether oxygens (including phenoxy) is 3. The van der Waals surface area contributed by atoms with Gasteiger partial charge >= 0.3 is 0 Å². The number of para-hydroxylation sites is 1. The zero-order valence-corrected chi connectivity index (χ0v) is 20.7. The molecule has 182 valence electrons. The molecule has 8 nitrogen and oxygen atoms in total. The Morgan fingerprint density at radius 2 is 1.53 bits per heavy atom. The lowest BCUT2D eigenvalue weighted by Crippen LogP contribution is -2.37. The highest BCUT2D eigenvalue weighted by Crippen LogP contribution is 2.38. The molecule has 3 aromatic rings. The third-order valence-corrected chi connectivity index (χ3v) is 6.39. The van der Waals surface area contributed by atoms with E-state index in [0.717, 1.165) is 54.5 Å². The van der Waals surface area contributed by atoms with Crippen LogP contribution in [0.2, 0.25) is 0 Å². The number of benzene rings is 2. The standard InChI is InChI=1S/C26H35N5O3/c1-31(2)25-20-8-6-7-9-21(20)29-26(30-25)28-19-12-10-18(11-13-19)27-16-17-14-22(32-3)24(34-5)23(15-17)33-4/h6-9,14-15,18-19,27H,10-13,16H2,1-5H3,(H,28,29,30). The van der Waals surface area contributed by atoms with E-state index in [4.69, 9.17) is 24.2 Å². The molecule has 0 radical (unpaired) electrons. The van der Waals surface area contributed by atoms with Gasteiger partial charge in [-0.05, 0) is 55.5 Å². The zero-order valence-electron chi connectivity index (χ0n) is 20.7. The highest BCUT2D eigenvalue weighted by Gasteiger charge is 2.22. The number of hydrogen-bond acceptors (Lipinski definition) is 8. The van der Waals surface area contributed by atoms with Crippen molar-refractivity contribution in [3.63, 3.8) is 0 Å². The maximum Gasteiger partial charge on any atom is 0.225 e. The van der Waals surface area contributed by atoms with E-state index >= 15 is 0 Å². The van der Waals surface area contributed by atoms with Gasteiger partial charge in [-0.3, -0.25) is 0 Å². The normalized spacial score (nSPS) is 17.9. The molecule has 4 rings (SSSR count). The lowest BCUT2D eigenvalue weighted by atomic mass is 9.91. The Kier molecular flexibility index (Phi) is 7.57. The van der Waals surface area contributed by atoms with Gasteiger partial charge in [0, 0.05) is 38.1 Å². The Hall–Kier alpha value is -3.26. The minimum absolute atomic E-state index is 0.371. The Balaban J connectivity index is 1.35. The second kappa shape index (κ2) is 10.8. The molecule has 0 amide bonds. The summed E-state index contributed by atoms with van der Waals surface area (Å²) < 4.78 is 16.4. The minimum Gasteiger partial charge on any atom is -0.493 e. The van der Waals surface area contributed by atoms with E-state index in [0.29, 0.717) is 35.3 Å². The highest BCUT2D eigenvalue weighted by molar-refractivity contribution is 5.90. The van der Waals surface area contributed by atoms with Crippen LogP contribution in [0, 0.1) is 0 Å². The summed E-state index contributed by atoms with van der Waals surface area (Å²) in [6.45, 7) is 0.749. The Morgan fingerprint density at radius 3 is 2.15 bits per heavy atom. The van der Waals surface area contributed by atoms with Crippen molar-refractivity contribution in [2.75, 3.05) is 45.6 Å². The molecule has 8 heteroatoms. The molecule has 1 aromatic heterocycles. The molecule has 1 saturated carbocycles. The van der Waals surface area contributed by atoms with Crippen LogP contribution in [0.5, 0.6) is 17.2 Å². The summed E-state index contributed by atoms with van der Waals surface area (Å²) in [5, 5.41) is 8.34. The Morgan fingerprint density at radius 1 is 0.882 bits per heavy atom. The van der Waals surface area contributed by atoms with Gasteiger partial charge in [0.05, 0.1) is 26.8 Å². The topological polar surface area (TPSA) is 80.8 Å². The molecule has 0 atom stereocenters. The van der Waals surface area contributed by atoms with Gasteiger partial charge in [0.1, 0.15) is 5.82 Å². The molecule has 1 aliphatic carbocycles. The van der Waals surface area contributed by atoms with Crippen molar-refractivity contribution in [1.29, 1.82) is 0 Å². The fraction of sp³-hybridized carbons (Fsp3) is 0.462. The van der Waals surface area contributed by atoms with E-state index in [-0.39, 0.29) is 0 Å². The van der Waals surface area contributed by atoms with E-state index in [1.165, 1.54) is 0 Å². The zero-order chi connectivity index (χ0) is 24.1. The summed E-state index contributed by atoms with van der Waals surface area (Å²) >= 11 is 0. The Labute approximate surface area is 201 Å². The SMILES string of the molecule is COc1cc(CNC2CCC(Nc3nc(N(C)C)c4ccccc4n3)CC2)cc(OC)c1OC. The van der Waals surface area contributed by atoms with Gasteiger partial charge in [-0.1, -0.05) is 12.1 Å². The smallest absolute Gasteiger partial charge is 0.225 e. The molecule has 2 aromatic carbocycles. The van der Waals surface area contributed by atoms with Gasteiger partial charge in [-0.2, -0.15) is 4.98 Å². The fourth-order valence-corrected chi connectivity index (χ4v) is 4.59. The van der Waals surface area contributed by atoms with Crippen LogP contribution in [-0.4, -0.2) is 57.5 Å². The quantitative estimate of drug-likeness (QED) is 0.486. The molecule has 1 heterocycles. The van der Waals surface area contributed by atoms with Crippen LogP contribution in [0.25, 0.3) is 10.9 Å². The fourth-order valence-electron chi connectivity index (χ4n) is 4.59. The van der Waals surface area contributed by atoms with Gasteiger partial charge in [0.15, 0.2) is 11.5 Å². The van der Waals surface area contributed by atoms with Gasteiger partial charge in [0.2, 0.25) is 11.7 Å². The number of methoxy groups -OCH3 is 3. The number of nitrogens with zero attached hydrogens (tertiary/aromatic N) is 3. The van der Waals surface area contributed by atoms with Crippen LogP contribution in [0.3, 0.4) is 0 Å². The van der Waals surface area contributed by atoms with E-state index in [1.54, 1.807) is 21.3 Å². The summed E-state index contributed by atoms with van der Waals surface area (Å²) in [5.41, 5.74) is 2.07.